The largest absolute Gasteiger partial charge is 0.650 e. The Morgan fingerprint density at radius 2 is 1.12 bits per heavy atom. The Hall–Kier alpha value is 2.93. The van der Waals surface area contributed by atoms with Crippen molar-refractivity contribution < 1.29 is 30.3 Å². The van der Waals surface area contributed by atoms with Crippen LogP contribution in [0.5, 0.6) is 0 Å². The summed E-state index contributed by atoms with van der Waals surface area (Å²) in [5, 5.41) is 0. The summed E-state index contributed by atoms with van der Waals surface area (Å²) in [6.07, 6.45) is 7.97. The third-order valence-electron chi connectivity index (χ3n) is 8.56. The second-order valence-corrected chi connectivity index (χ2v) is 29.0. The molecule has 6 rings (SSSR count). The predicted molar refractivity (Wildman–Crippen MR) is 214 cm³/mol. The maximum absolute atomic E-state index is 5.51. The van der Waals surface area contributed by atoms with Crippen LogP contribution in [0.4, 0.5) is 0 Å². The molecule has 6 aliphatic heterocycles. The van der Waals surface area contributed by atoms with E-state index in [0.29, 0.717) is 17.7 Å². The van der Waals surface area contributed by atoms with E-state index in [-0.39, 0.29) is 63.1 Å². The maximum Gasteiger partial charge on any atom is 0.650 e. The van der Waals surface area contributed by atoms with Crippen molar-refractivity contribution in [2.24, 2.45) is 0 Å². The molecule has 0 saturated carbocycles. The van der Waals surface area contributed by atoms with Crippen molar-refractivity contribution in [2.45, 2.75) is 117 Å². The van der Waals surface area contributed by atoms with Crippen molar-refractivity contribution in [2.75, 3.05) is 79.4 Å². The molecular weight excluding hydrogens is 734 g/mol. The number of hydrogen-bond donors (Lipinski definition) is 0. The molecule has 0 amide bonds. The van der Waals surface area contributed by atoms with Gasteiger partial charge in [-0.3, -0.25) is 0 Å². The molecule has 19 heteroatoms. The maximum atomic E-state index is 5.51. The average Bonchev–Trinajstić information content (AvgIpc) is 3.11. The van der Waals surface area contributed by atoms with E-state index in [1.54, 1.807) is 0 Å². The fourth-order valence-corrected chi connectivity index (χ4v) is 13.7. The molecule has 0 aromatic heterocycles. The Morgan fingerprint density at radius 1 is 0.612 bits per heavy atom. The van der Waals surface area contributed by atoms with E-state index >= 15 is 0 Å². The van der Waals surface area contributed by atoms with Crippen LogP contribution in [0.15, 0.2) is 0 Å². The van der Waals surface area contributed by atoms with Gasteiger partial charge < -0.3 is 45.5 Å². The van der Waals surface area contributed by atoms with Crippen LogP contribution < -0.4 is 0 Å². The molecule has 282 valence electrons. The lowest BCUT2D eigenvalue weighted by Crippen LogP contribution is -2.51. The van der Waals surface area contributed by atoms with Crippen molar-refractivity contribution in [3.05, 3.63) is 0 Å². The van der Waals surface area contributed by atoms with E-state index in [9.17, 15) is 0 Å². The summed E-state index contributed by atoms with van der Waals surface area (Å²) < 4.78 is 51.9. The van der Waals surface area contributed by atoms with E-state index in [4.69, 9.17) is 30.3 Å². The van der Waals surface area contributed by atoms with Gasteiger partial charge in [0.25, 0.3) is 0 Å². The average molecular weight is 807 g/mol. The van der Waals surface area contributed by atoms with E-state index in [2.05, 4.69) is 83.4 Å². The molecule has 6 aliphatic rings. The lowest BCUT2D eigenvalue weighted by molar-refractivity contribution is 0.0505. The van der Waals surface area contributed by atoms with Crippen molar-refractivity contribution >= 4 is 103 Å². The highest BCUT2D eigenvalue weighted by Crippen LogP contribution is 2.14. The molecule has 0 bridgehead atoms. The van der Waals surface area contributed by atoms with Crippen molar-refractivity contribution in [3.63, 3.8) is 0 Å². The minimum absolute atomic E-state index is 0.234. The van der Waals surface area contributed by atoms with Crippen LogP contribution in [0.2, 0.25) is 19.6 Å². The summed E-state index contributed by atoms with van der Waals surface area (Å²) >= 11 is -2.19. The Kier molecular flexibility index (Phi) is 31.7. The minimum Gasteiger partial charge on any atom is -0.491 e. The fraction of sp³-hybridized carbons (Fsp3) is 1.00. The first-order chi connectivity index (χ1) is 23.3. The van der Waals surface area contributed by atoms with Gasteiger partial charge in [-0.1, -0.05) is 26.6 Å². The van der Waals surface area contributed by atoms with Crippen LogP contribution in [0.1, 0.15) is 80.1 Å². The SMILES string of the molecule is C1C[O][AlH][O]C1.CC(C)(C)[N]1CCC[O][AlH]1.CC1CC(C)[O][AlH][O]1.CC[N]1CCC[O][AlH]1.C[N]1CCC[O][AlH]1.C[Si](C)(C)[N]1CCC[O][AlH]1. The van der Waals surface area contributed by atoms with Crippen molar-refractivity contribution in [1.82, 2.24) is 15.2 Å². The standard InChI is InChI=1S/C7H15NO.C6H15NOSi.C5H11NO.C5H10O2.C4H9NO.C3H6O2.6Al.6H/c1-7(2,3)8-5-4-6-9;1-9(2,3)7-5-4-6-8;1-2-6-4-3-5-7;1-4(6)3-5(2)7;1-5-3-2-4-6;4-2-1-3-5;;;;;;;;;;;;/h2*4-6H2,1-3H3;2-5H2,1H3;4-5H,3H2,1-2H3;2-4H2,1H3;1-3H2;;;;;;;;;;;;/q6*-2;6*+2;;;;;;. The molecule has 0 N–H and O–H groups in total. The smallest absolute Gasteiger partial charge is 0.491 e. The molecule has 6 fully saturated rings. The molecule has 0 spiro atoms. The number of rotatable bonds is 2. The van der Waals surface area contributed by atoms with Crippen LogP contribution in [0.25, 0.3) is 0 Å². The van der Waals surface area contributed by atoms with Gasteiger partial charge in [0, 0.05) is 51.8 Å². The van der Waals surface area contributed by atoms with Crippen molar-refractivity contribution in [3.8, 4) is 0 Å². The molecule has 6 saturated heterocycles. The van der Waals surface area contributed by atoms with E-state index in [1.807, 2.05) is 0 Å². The van der Waals surface area contributed by atoms with Gasteiger partial charge in [-0.25, -0.2) is 0 Å². The highest BCUT2D eigenvalue weighted by molar-refractivity contribution is 6.78. The monoisotopic (exact) mass is 806 g/mol. The second-order valence-electron chi connectivity index (χ2n) is 15.3. The third kappa shape index (κ3) is 28.9. The molecule has 12 nitrogen and oxygen atoms in total. The van der Waals surface area contributed by atoms with Crippen LogP contribution in [0, 0.1) is 0 Å². The van der Waals surface area contributed by atoms with Crippen LogP contribution in [-0.4, -0.2) is 215 Å². The summed E-state index contributed by atoms with van der Waals surface area (Å²) in [7, 11) is 1.14. The summed E-state index contributed by atoms with van der Waals surface area (Å²) in [5.41, 5.74) is 0.340. The third-order valence-corrected chi connectivity index (χ3v) is 22.2. The van der Waals surface area contributed by atoms with Gasteiger partial charge in [0.1, 0.15) is 0 Å². The lowest BCUT2D eigenvalue weighted by Gasteiger charge is -2.37. The van der Waals surface area contributed by atoms with Crippen LogP contribution >= 0.6 is 0 Å². The van der Waals surface area contributed by atoms with E-state index < -0.39 is 40.0 Å². The molecule has 6 heterocycles. The lowest BCUT2D eigenvalue weighted by atomic mass is 10.1. The zero-order valence-electron chi connectivity index (χ0n) is 33.5. The minimum atomic E-state index is -0.986. The molecule has 0 aromatic rings. The molecular formula is C30H72Al6N4O8Si. The van der Waals surface area contributed by atoms with Gasteiger partial charge in [-0.15, -0.1) is 0 Å². The quantitative estimate of drug-likeness (QED) is 0.378. The summed E-state index contributed by atoms with van der Waals surface area (Å²) in [5.74, 6) is 0. The van der Waals surface area contributed by atoms with Gasteiger partial charge >= 0.3 is 94.9 Å². The van der Waals surface area contributed by atoms with E-state index in [0.717, 1.165) is 52.5 Å². The van der Waals surface area contributed by atoms with Gasteiger partial charge in [0.15, 0.2) is 0 Å². The van der Waals surface area contributed by atoms with Gasteiger partial charge in [0.2, 0.25) is 0 Å². The molecule has 2 atom stereocenters. The summed E-state index contributed by atoms with van der Waals surface area (Å²) in [4.78, 5) is 0. The highest BCUT2D eigenvalue weighted by atomic mass is 28.3. The molecule has 0 aliphatic carbocycles. The van der Waals surface area contributed by atoms with Crippen LogP contribution in [-0.2, 0) is 30.3 Å². The topological polar surface area (TPSA) is 86.8 Å². The first-order valence-electron chi connectivity index (χ1n) is 18.9. The van der Waals surface area contributed by atoms with E-state index in [1.165, 1.54) is 58.4 Å². The first-order valence-corrected chi connectivity index (χ1v) is 29.5. The Balaban J connectivity index is 0.000000296. The zero-order chi connectivity index (χ0) is 36.4. The Bertz CT molecular complexity index is 709. The Labute approximate surface area is 342 Å². The normalized spacial score (nSPS) is 25.3. The Morgan fingerprint density at radius 3 is 1.35 bits per heavy atom. The van der Waals surface area contributed by atoms with Crippen LogP contribution in [0.3, 0.4) is 0 Å². The highest BCUT2D eigenvalue weighted by Gasteiger charge is 2.27. The van der Waals surface area contributed by atoms with Gasteiger partial charge in [-0.05, 0) is 118 Å². The summed E-state index contributed by atoms with van der Waals surface area (Å²) in [6.45, 7) is 32.6. The fourth-order valence-electron chi connectivity index (χ4n) is 5.19. The second kappa shape index (κ2) is 31.1. The summed E-state index contributed by atoms with van der Waals surface area (Å²) in [6, 6.07) is 0. The van der Waals surface area contributed by atoms with Gasteiger partial charge in [-0.2, -0.15) is 0 Å². The molecule has 49 heavy (non-hydrogen) atoms. The van der Waals surface area contributed by atoms with Gasteiger partial charge in [0.05, 0.1) is 8.24 Å². The first kappa shape index (κ1) is 50.0. The molecule has 2 unspecified atom stereocenters. The molecule has 0 radical (unpaired) electrons. The van der Waals surface area contributed by atoms with Crippen molar-refractivity contribution in [1.29, 1.82) is 0 Å². The molecule has 0 aromatic carbocycles. The zero-order valence-corrected chi connectivity index (χ0v) is 43.0. The predicted octanol–water partition coefficient (Wildman–Crippen LogP) is 1.34. The number of hydrogen-bond acceptors (Lipinski definition) is 12. The number of nitrogens with zero attached hydrogens (tertiary/aromatic N) is 4.